The summed E-state index contributed by atoms with van der Waals surface area (Å²) in [6, 6.07) is 1.51. The highest BCUT2D eigenvalue weighted by atomic mass is 32.2. The molecule has 0 saturated carbocycles. The average molecular weight is 308 g/mol. The maximum Gasteiger partial charge on any atom is 0.246 e. The largest absolute Gasteiger partial charge is 0.399 e. The molecule has 114 valence electrons. The number of anilines is 1. The molecule has 0 spiro atoms. The van der Waals surface area contributed by atoms with Crippen LogP contribution in [-0.2, 0) is 10.0 Å². The summed E-state index contributed by atoms with van der Waals surface area (Å²) < 4.78 is 53.1. The Labute approximate surface area is 116 Å². The molecule has 5 nitrogen and oxygen atoms in total. The van der Waals surface area contributed by atoms with Gasteiger partial charge in [-0.1, -0.05) is 13.3 Å². The van der Waals surface area contributed by atoms with Crippen molar-refractivity contribution in [3.8, 4) is 0 Å². The molecule has 1 unspecified atom stereocenters. The van der Waals surface area contributed by atoms with E-state index in [9.17, 15) is 17.2 Å². The van der Waals surface area contributed by atoms with E-state index in [-0.39, 0.29) is 24.8 Å². The van der Waals surface area contributed by atoms with Gasteiger partial charge in [0.1, 0.15) is 11.6 Å². The predicted molar refractivity (Wildman–Crippen MR) is 71.4 cm³/mol. The maximum atomic E-state index is 13.6. The van der Waals surface area contributed by atoms with Gasteiger partial charge in [0.05, 0.1) is 0 Å². The second-order valence-corrected chi connectivity index (χ2v) is 6.16. The lowest BCUT2D eigenvalue weighted by molar-refractivity contribution is 0.254. The van der Waals surface area contributed by atoms with Crippen molar-refractivity contribution in [3.63, 3.8) is 0 Å². The Morgan fingerprint density at radius 2 is 1.90 bits per heavy atom. The van der Waals surface area contributed by atoms with Crippen molar-refractivity contribution in [1.82, 2.24) is 4.72 Å². The standard InChI is InChI=1S/C12H18F2N2O3S/c1-2-8(3-4-17)7-16-20(18,19)12-10(13)5-9(15)6-11(12)14/h5-6,8,16-17H,2-4,7,15H2,1H3. The van der Waals surface area contributed by atoms with E-state index in [1.165, 1.54) is 0 Å². The predicted octanol–water partition coefficient (Wildman–Crippen LogP) is 1.23. The van der Waals surface area contributed by atoms with E-state index >= 15 is 0 Å². The van der Waals surface area contributed by atoms with E-state index in [2.05, 4.69) is 4.72 Å². The Balaban J connectivity index is 2.95. The fraction of sp³-hybridized carbons (Fsp3) is 0.500. The number of aliphatic hydroxyl groups excluding tert-OH is 1. The fourth-order valence-corrected chi connectivity index (χ4v) is 3.00. The van der Waals surface area contributed by atoms with Crippen LogP contribution < -0.4 is 10.5 Å². The minimum Gasteiger partial charge on any atom is -0.399 e. The number of sulfonamides is 1. The van der Waals surface area contributed by atoms with Gasteiger partial charge in [0.15, 0.2) is 4.90 Å². The minimum absolute atomic E-state index is 0.00263. The van der Waals surface area contributed by atoms with Crippen LogP contribution in [0.25, 0.3) is 0 Å². The van der Waals surface area contributed by atoms with E-state index < -0.39 is 26.6 Å². The maximum absolute atomic E-state index is 13.6. The van der Waals surface area contributed by atoms with Crippen molar-refractivity contribution in [1.29, 1.82) is 0 Å². The lowest BCUT2D eigenvalue weighted by Crippen LogP contribution is -2.31. The van der Waals surface area contributed by atoms with Crippen LogP contribution in [-0.4, -0.2) is 26.7 Å². The van der Waals surface area contributed by atoms with Crippen LogP contribution >= 0.6 is 0 Å². The third-order valence-corrected chi connectivity index (χ3v) is 4.44. The number of rotatable bonds is 7. The van der Waals surface area contributed by atoms with Gasteiger partial charge >= 0.3 is 0 Å². The molecule has 0 saturated heterocycles. The molecule has 0 heterocycles. The van der Waals surface area contributed by atoms with Gasteiger partial charge in [0, 0.05) is 18.8 Å². The average Bonchev–Trinajstić information content (AvgIpc) is 2.32. The van der Waals surface area contributed by atoms with Crippen molar-refractivity contribution >= 4 is 15.7 Å². The van der Waals surface area contributed by atoms with Gasteiger partial charge < -0.3 is 10.8 Å². The van der Waals surface area contributed by atoms with E-state index in [0.29, 0.717) is 12.8 Å². The van der Waals surface area contributed by atoms with E-state index in [4.69, 9.17) is 10.8 Å². The van der Waals surface area contributed by atoms with Gasteiger partial charge in [0.2, 0.25) is 10.0 Å². The van der Waals surface area contributed by atoms with Crippen molar-refractivity contribution in [2.45, 2.75) is 24.7 Å². The molecule has 8 heteroatoms. The Kier molecular flexibility index (Phi) is 5.85. The summed E-state index contributed by atoms with van der Waals surface area (Å²) in [5.41, 5.74) is 5.04. The summed E-state index contributed by atoms with van der Waals surface area (Å²) in [6.07, 6.45) is 1.04. The van der Waals surface area contributed by atoms with Crippen LogP contribution in [0.4, 0.5) is 14.5 Å². The summed E-state index contributed by atoms with van der Waals surface area (Å²) in [5, 5.41) is 8.82. The van der Waals surface area contributed by atoms with E-state index in [1.54, 1.807) is 0 Å². The summed E-state index contributed by atoms with van der Waals surface area (Å²) in [6.45, 7) is 1.76. The van der Waals surface area contributed by atoms with Gasteiger partial charge in [-0.25, -0.2) is 21.9 Å². The second kappa shape index (κ2) is 6.96. The summed E-state index contributed by atoms with van der Waals surface area (Å²) in [4.78, 5) is -1.04. The molecule has 0 fully saturated rings. The molecule has 1 aromatic rings. The Morgan fingerprint density at radius 1 is 1.35 bits per heavy atom. The molecular weight excluding hydrogens is 290 g/mol. The Bertz CT molecular complexity index is 541. The number of nitrogens with two attached hydrogens (primary N) is 1. The van der Waals surface area contributed by atoms with Gasteiger partial charge in [0.25, 0.3) is 0 Å². The topological polar surface area (TPSA) is 92.4 Å². The quantitative estimate of drug-likeness (QED) is 0.661. The number of nitrogens with one attached hydrogen (secondary N) is 1. The number of benzene rings is 1. The van der Waals surface area contributed by atoms with Crippen LogP contribution in [0.15, 0.2) is 17.0 Å². The van der Waals surface area contributed by atoms with Crippen LogP contribution in [0.1, 0.15) is 19.8 Å². The van der Waals surface area contributed by atoms with Crippen molar-refractivity contribution in [2.24, 2.45) is 5.92 Å². The highest BCUT2D eigenvalue weighted by Crippen LogP contribution is 2.21. The molecule has 0 bridgehead atoms. The molecule has 20 heavy (non-hydrogen) atoms. The molecule has 4 N–H and O–H groups in total. The first-order chi connectivity index (χ1) is 9.31. The first-order valence-corrected chi connectivity index (χ1v) is 7.65. The molecule has 0 aromatic heterocycles. The van der Waals surface area contributed by atoms with Crippen LogP contribution in [0, 0.1) is 17.6 Å². The zero-order valence-corrected chi connectivity index (χ0v) is 11.9. The smallest absolute Gasteiger partial charge is 0.246 e. The first kappa shape index (κ1) is 16.8. The zero-order chi connectivity index (χ0) is 15.3. The van der Waals surface area contributed by atoms with Crippen molar-refractivity contribution in [2.75, 3.05) is 18.9 Å². The molecule has 1 atom stereocenters. The number of hydrogen-bond donors (Lipinski definition) is 3. The second-order valence-electron chi connectivity index (χ2n) is 4.45. The van der Waals surface area contributed by atoms with Gasteiger partial charge in [-0.05, 0) is 24.5 Å². The molecule has 0 amide bonds. The normalized spacial score (nSPS) is 13.4. The van der Waals surface area contributed by atoms with E-state index in [0.717, 1.165) is 12.1 Å². The van der Waals surface area contributed by atoms with Crippen molar-refractivity contribution < 1.29 is 22.3 Å². The lowest BCUT2D eigenvalue weighted by atomic mass is 10.0. The zero-order valence-electron chi connectivity index (χ0n) is 11.1. The van der Waals surface area contributed by atoms with Crippen LogP contribution in [0.3, 0.4) is 0 Å². The number of halogens is 2. The van der Waals surface area contributed by atoms with Gasteiger partial charge in [-0.15, -0.1) is 0 Å². The molecule has 1 aromatic carbocycles. The highest BCUT2D eigenvalue weighted by molar-refractivity contribution is 7.89. The number of hydrogen-bond acceptors (Lipinski definition) is 4. The Hall–Kier alpha value is -1.25. The highest BCUT2D eigenvalue weighted by Gasteiger charge is 2.25. The molecular formula is C12H18F2N2O3S. The third-order valence-electron chi connectivity index (χ3n) is 2.97. The SMILES string of the molecule is CCC(CCO)CNS(=O)(=O)c1c(F)cc(N)cc1F. The summed E-state index contributed by atoms with van der Waals surface area (Å²) in [7, 11) is -4.30. The number of aliphatic hydroxyl groups is 1. The Morgan fingerprint density at radius 3 is 2.35 bits per heavy atom. The van der Waals surface area contributed by atoms with Crippen LogP contribution in [0.5, 0.6) is 0 Å². The van der Waals surface area contributed by atoms with Gasteiger partial charge in [-0.3, -0.25) is 0 Å². The lowest BCUT2D eigenvalue weighted by Gasteiger charge is -2.15. The molecule has 0 radical (unpaired) electrons. The molecule has 0 aliphatic rings. The summed E-state index contributed by atoms with van der Waals surface area (Å²) in [5.74, 6) is -2.56. The number of nitrogen functional groups attached to an aromatic ring is 1. The first-order valence-electron chi connectivity index (χ1n) is 6.16. The minimum atomic E-state index is -4.30. The van der Waals surface area contributed by atoms with Gasteiger partial charge in [-0.2, -0.15) is 0 Å². The summed E-state index contributed by atoms with van der Waals surface area (Å²) >= 11 is 0. The van der Waals surface area contributed by atoms with Crippen LogP contribution in [0.2, 0.25) is 0 Å². The molecule has 0 aliphatic heterocycles. The van der Waals surface area contributed by atoms with Crippen molar-refractivity contribution in [3.05, 3.63) is 23.8 Å². The monoisotopic (exact) mass is 308 g/mol. The third kappa shape index (κ3) is 4.12. The molecule has 1 rings (SSSR count). The fourth-order valence-electron chi connectivity index (χ4n) is 1.77. The van der Waals surface area contributed by atoms with E-state index in [1.807, 2.05) is 6.92 Å². The molecule has 0 aliphatic carbocycles.